The van der Waals surface area contributed by atoms with Crippen LogP contribution >= 0.6 is 0 Å². The van der Waals surface area contributed by atoms with Crippen LogP contribution in [-0.4, -0.2) is 6.61 Å². The van der Waals surface area contributed by atoms with Crippen LogP contribution in [0.1, 0.15) is 82.6 Å². The monoisotopic (exact) mass is 454 g/mol. The number of hydrogen-bond donors (Lipinski definition) is 0. The minimum atomic E-state index is -0.837. The van der Waals surface area contributed by atoms with Gasteiger partial charge in [-0.15, -0.1) is 6.58 Å². The van der Waals surface area contributed by atoms with E-state index in [0.717, 1.165) is 37.5 Å². The molecule has 0 bridgehead atoms. The lowest BCUT2D eigenvalue weighted by Crippen LogP contribution is -2.22. The van der Waals surface area contributed by atoms with Crippen LogP contribution in [-0.2, 0) is 0 Å². The molecule has 0 aromatic heterocycles. The van der Waals surface area contributed by atoms with E-state index in [9.17, 15) is 8.78 Å². The summed E-state index contributed by atoms with van der Waals surface area (Å²) in [5.74, 6) is 2.08. The fourth-order valence-electron chi connectivity index (χ4n) is 6.28. The summed E-state index contributed by atoms with van der Waals surface area (Å²) in [7, 11) is 0. The Hall–Kier alpha value is -1.90. The highest BCUT2D eigenvalue weighted by Crippen LogP contribution is 2.41. The third-order valence-corrected chi connectivity index (χ3v) is 8.41. The Balaban J connectivity index is 1.23. The van der Waals surface area contributed by atoms with Gasteiger partial charge in [0.15, 0.2) is 11.6 Å². The second-order valence-electron chi connectivity index (χ2n) is 10.4. The second-order valence-corrected chi connectivity index (χ2v) is 10.4. The van der Waals surface area contributed by atoms with Crippen molar-refractivity contribution in [3.05, 3.63) is 66.3 Å². The maximum absolute atomic E-state index is 14.6. The molecule has 3 heteroatoms. The Labute approximate surface area is 199 Å². The molecule has 4 rings (SSSR count). The smallest absolute Gasteiger partial charge is 0.200 e. The average Bonchev–Trinajstić information content (AvgIpc) is 2.87. The SMILES string of the molecule is C=CC1C=CC(C2CCC(/C=C/C3CCC(c4ccc(OCC)c(F)c4F)CC3)CC2)CC1. The van der Waals surface area contributed by atoms with Crippen molar-refractivity contribution in [2.75, 3.05) is 6.61 Å². The Morgan fingerprint density at radius 1 is 0.848 bits per heavy atom. The molecule has 0 N–H and O–H groups in total. The minimum Gasteiger partial charge on any atom is -0.491 e. The van der Waals surface area contributed by atoms with Gasteiger partial charge in [0.05, 0.1) is 6.61 Å². The highest BCUT2D eigenvalue weighted by Gasteiger charge is 2.28. The van der Waals surface area contributed by atoms with Crippen molar-refractivity contribution < 1.29 is 13.5 Å². The number of halogens is 2. The highest BCUT2D eigenvalue weighted by molar-refractivity contribution is 5.33. The molecule has 3 aliphatic rings. The van der Waals surface area contributed by atoms with Crippen LogP contribution in [0.5, 0.6) is 5.75 Å². The first kappa shape index (κ1) is 24.2. The van der Waals surface area contributed by atoms with Gasteiger partial charge in [0.2, 0.25) is 5.82 Å². The third kappa shape index (κ3) is 5.97. The van der Waals surface area contributed by atoms with Gasteiger partial charge in [-0.1, -0.05) is 36.4 Å². The largest absolute Gasteiger partial charge is 0.491 e. The van der Waals surface area contributed by atoms with Crippen LogP contribution < -0.4 is 4.74 Å². The summed E-state index contributed by atoms with van der Waals surface area (Å²) in [5.41, 5.74) is 0.521. The van der Waals surface area contributed by atoms with Gasteiger partial charge in [-0.2, -0.15) is 4.39 Å². The van der Waals surface area contributed by atoms with Crippen molar-refractivity contribution in [1.82, 2.24) is 0 Å². The molecule has 0 radical (unpaired) electrons. The van der Waals surface area contributed by atoms with Gasteiger partial charge in [0, 0.05) is 0 Å². The van der Waals surface area contributed by atoms with E-state index in [1.807, 2.05) is 0 Å². The highest BCUT2D eigenvalue weighted by atomic mass is 19.2. The lowest BCUT2D eigenvalue weighted by atomic mass is 9.71. The summed E-state index contributed by atoms with van der Waals surface area (Å²) in [6.07, 6.45) is 23.7. The van der Waals surface area contributed by atoms with Crippen LogP contribution in [0.3, 0.4) is 0 Å². The summed E-state index contributed by atoms with van der Waals surface area (Å²) in [6, 6.07) is 3.31. The molecule has 2 unspecified atom stereocenters. The van der Waals surface area contributed by atoms with E-state index >= 15 is 0 Å². The Morgan fingerprint density at radius 2 is 1.52 bits per heavy atom. The summed E-state index contributed by atoms with van der Waals surface area (Å²) in [5, 5.41) is 0. The number of benzene rings is 1. The fraction of sp³-hybridized carbons (Fsp3) is 0.600. The molecular weight excluding hydrogens is 414 g/mol. The maximum atomic E-state index is 14.6. The van der Waals surface area contributed by atoms with Crippen LogP contribution in [0.15, 0.2) is 49.1 Å². The van der Waals surface area contributed by atoms with Crippen molar-refractivity contribution in [3.63, 3.8) is 0 Å². The van der Waals surface area contributed by atoms with Gasteiger partial charge in [-0.05, 0) is 118 Å². The van der Waals surface area contributed by atoms with Crippen molar-refractivity contribution in [2.24, 2.45) is 29.6 Å². The van der Waals surface area contributed by atoms with Gasteiger partial charge in [0.25, 0.3) is 0 Å². The van der Waals surface area contributed by atoms with Gasteiger partial charge in [0.1, 0.15) is 0 Å². The summed E-state index contributed by atoms with van der Waals surface area (Å²) >= 11 is 0. The van der Waals surface area contributed by atoms with Crippen LogP contribution in [0.2, 0.25) is 0 Å². The Kier molecular flexibility index (Phi) is 8.44. The first-order chi connectivity index (χ1) is 16.1. The lowest BCUT2D eigenvalue weighted by molar-refractivity contribution is 0.235. The van der Waals surface area contributed by atoms with Gasteiger partial charge < -0.3 is 4.74 Å². The maximum Gasteiger partial charge on any atom is 0.200 e. The van der Waals surface area contributed by atoms with Crippen molar-refractivity contribution >= 4 is 0 Å². The van der Waals surface area contributed by atoms with E-state index in [4.69, 9.17) is 4.74 Å². The molecule has 2 saturated carbocycles. The number of hydrogen-bond acceptors (Lipinski definition) is 1. The molecule has 1 aromatic rings. The molecule has 0 spiro atoms. The summed E-state index contributed by atoms with van der Waals surface area (Å²) in [6.45, 7) is 6.04. The van der Waals surface area contributed by atoms with E-state index in [1.54, 1.807) is 19.1 Å². The second kappa shape index (κ2) is 11.5. The van der Waals surface area contributed by atoms with E-state index in [0.29, 0.717) is 29.9 Å². The molecule has 33 heavy (non-hydrogen) atoms. The zero-order chi connectivity index (χ0) is 23.2. The van der Waals surface area contributed by atoms with E-state index in [1.165, 1.54) is 38.5 Å². The summed E-state index contributed by atoms with van der Waals surface area (Å²) in [4.78, 5) is 0. The van der Waals surface area contributed by atoms with E-state index < -0.39 is 11.6 Å². The molecule has 3 aliphatic carbocycles. The molecule has 180 valence electrons. The molecule has 0 amide bonds. The van der Waals surface area contributed by atoms with Crippen LogP contribution in [0.4, 0.5) is 8.78 Å². The normalized spacial score (nSPS) is 32.7. The average molecular weight is 455 g/mol. The van der Waals surface area contributed by atoms with Crippen molar-refractivity contribution in [3.8, 4) is 5.75 Å². The molecule has 2 atom stereocenters. The quantitative estimate of drug-likeness (QED) is 0.374. The number of allylic oxidation sites excluding steroid dienone is 5. The topological polar surface area (TPSA) is 9.23 Å². The molecule has 1 nitrogen and oxygen atoms in total. The molecule has 0 aliphatic heterocycles. The lowest BCUT2D eigenvalue weighted by Gasteiger charge is -2.34. The van der Waals surface area contributed by atoms with Crippen molar-refractivity contribution in [2.45, 2.75) is 77.0 Å². The molecule has 2 fully saturated rings. The number of rotatable bonds is 7. The van der Waals surface area contributed by atoms with Gasteiger partial charge in [-0.3, -0.25) is 0 Å². The molecule has 1 aromatic carbocycles. The van der Waals surface area contributed by atoms with Crippen molar-refractivity contribution in [1.29, 1.82) is 0 Å². The molecule has 0 heterocycles. The van der Waals surface area contributed by atoms with Crippen LogP contribution in [0, 0.1) is 41.2 Å². The fourth-order valence-corrected chi connectivity index (χ4v) is 6.28. The minimum absolute atomic E-state index is 0.0190. The molecular formula is C30H40F2O. The molecule has 0 saturated heterocycles. The van der Waals surface area contributed by atoms with E-state index in [2.05, 4.69) is 37.0 Å². The van der Waals surface area contributed by atoms with Gasteiger partial charge in [-0.25, -0.2) is 4.39 Å². The van der Waals surface area contributed by atoms with E-state index in [-0.39, 0.29) is 11.7 Å². The predicted octanol–water partition coefficient (Wildman–Crippen LogP) is 8.77. The zero-order valence-corrected chi connectivity index (χ0v) is 20.2. The Bertz CT molecular complexity index is 841. The third-order valence-electron chi connectivity index (χ3n) is 8.41. The summed E-state index contributed by atoms with van der Waals surface area (Å²) < 4.78 is 34.0. The first-order valence-corrected chi connectivity index (χ1v) is 13.2. The first-order valence-electron chi connectivity index (χ1n) is 13.2. The van der Waals surface area contributed by atoms with Gasteiger partial charge >= 0.3 is 0 Å². The number of ether oxygens (including phenoxy) is 1. The van der Waals surface area contributed by atoms with Crippen LogP contribution in [0.25, 0.3) is 0 Å². The predicted molar refractivity (Wildman–Crippen MR) is 132 cm³/mol. The standard InChI is InChI=1S/C30H40F2O/c1-3-21-7-13-24(14-8-21)25-15-9-22(10-16-25)5-6-23-11-17-26(18-12-23)27-19-20-28(33-4-2)30(32)29(27)31/h3,5-7,13,19-26H,1,4,8-12,14-18H2,2H3/b6-5+. The zero-order valence-electron chi connectivity index (χ0n) is 20.2. The Morgan fingerprint density at radius 3 is 2.09 bits per heavy atom.